The summed E-state index contributed by atoms with van der Waals surface area (Å²) in [6.45, 7) is 3.50. The molecule has 2 heterocycles. The topological polar surface area (TPSA) is 87.3 Å². The maximum absolute atomic E-state index is 12.5. The molecule has 1 fully saturated rings. The maximum atomic E-state index is 12.5. The van der Waals surface area contributed by atoms with Crippen LogP contribution in [-0.2, 0) is 4.74 Å². The Morgan fingerprint density at radius 2 is 1.89 bits per heavy atom. The average Bonchev–Trinajstić information content (AvgIpc) is 2.73. The summed E-state index contributed by atoms with van der Waals surface area (Å²) >= 11 is 0. The van der Waals surface area contributed by atoms with Gasteiger partial charge in [-0.15, -0.1) is 0 Å². The van der Waals surface area contributed by atoms with Crippen LogP contribution >= 0.6 is 0 Å². The number of H-pyrrole nitrogens is 1. The second-order valence-corrected chi connectivity index (χ2v) is 6.42. The van der Waals surface area contributed by atoms with Crippen molar-refractivity contribution in [2.24, 2.45) is 0 Å². The summed E-state index contributed by atoms with van der Waals surface area (Å²) in [6.07, 6.45) is 0. The molecular weight excluding hydrogens is 344 g/mol. The van der Waals surface area contributed by atoms with Crippen molar-refractivity contribution >= 4 is 16.7 Å². The number of nitrogens with one attached hydrogen (secondary N) is 2. The Kier molecular flexibility index (Phi) is 4.95. The van der Waals surface area contributed by atoms with Crippen molar-refractivity contribution < 1.29 is 9.53 Å². The number of carbonyl (C=O) groups excluding carboxylic acids is 1. The van der Waals surface area contributed by atoms with Gasteiger partial charge in [0, 0.05) is 29.6 Å². The minimum Gasteiger partial charge on any atom is -0.379 e. The molecule has 3 aromatic rings. The van der Waals surface area contributed by atoms with Crippen molar-refractivity contribution in [3.8, 4) is 11.3 Å². The number of fused-ring (bicyclic) bond motifs is 1. The zero-order valence-electron chi connectivity index (χ0n) is 14.8. The van der Waals surface area contributed by atoms with Crippen LogP contribution in [0.1, 0.15) is 10.4 Å². The Balaban J connectivity index is 1.58. The number of benzene rings is 2. The summed E-state index contributed by atoms with van der Waals surface area (Å²) in [7, 11) is 0. The molecule has 0 spiro atoms. The normalized spacial score (nSPS) is 15.0. The van der Waals surface area contributed by atoms with E-state index in [0.29, 0.717) is 36.5 Å². The van der Waals surface area contributed by atoms with E-state index in [2.05, 4.69) is 20.4 Å². The smallest absolute Gasteiger partial charge is 0.272 e. The van der Waals surface area contributed by atoms with Crippen LogP contribution < -0.4 is 10.9 Å². The van der Waals surface area contributed by atoms with Crippen LogP contribution in [0.3, 0.4) is 0 Å². The Morgan fingerprint density at radius 1 is 1.11 bits per heavy atom. The van der Waals surface area contributed by atoms with Gasteiger partial charge < -0.3 is 10.1 Å². The molecule has 0 unspecified atom stereocenters. The van der Waals surface area contributed by atoms with Gasteiger partial charge in [-0.1, -0.05) is 30.3 Å². The minimum atomic E-state index is -0.228. The molecule has 1 aliphatic heterocycles. The molecule has 1 aliphatic rings. The molecule has 1 amide bonds. The lowest BCUT2D eigenvalue weighted by atomic mass is 10.0. The summed E-state index contributed by atoms with van der Waals surface area (Å²) < 4.78 is 5.31. The number of rotatable bonds is 4. The molecule has 4 rings (SSSR count). The molecule has 2 aromatic carbocycles. The Morgan fingerprint density at radius 3 is 2.70 bits per heavy atom. The van der Waals surface area contributed by atoms with Crippen LogP contribution in [0.15, 0.2) is 53.3 Å². The first-order valence-corrected chi connectivity index (χ1v) is 8.88. The number of hydrogen-bond acceptors (Lipinski definition) is 5. The Bertz CT molecular complexity index is 1020. The van der Waals surface area contributed by atoms with Crippen LogP contribution in [0.4, 0.5) is 0 Å². The lowest BCUT2D eigenvalue weighted by Gasteiger charge is -2.26. The molecule has 0 saturated carbocycles. The van der Waals surface area contributed by atoms with E-state index in [1.807, 2.05) is 30.3 Å². The van der Waals surface area contributed by atoms with E-state index >= 15 is 0 Å². The first-order chi connectivity index (χ1) is 13.2. The van der Waals surface area contributed by atoms with E-state index in [0.717, 1.165) is 24.0 Å². The van der Waals surface area contributed by atoms with E-state index in [9.17, 15) is 9.59 Å². The zero-order valence-corrected chi connectivity index (χ0v) is 14.8. The van der Waals surface area contributed by atoms with Crippen LogP contribution in [-0.4, -0.2) is 54.0 Å². The quantitative estimate of drug-likeness (QED) is 0.734. The highest BCUT2D eigenvalue weighted by Gasteiger charge is 2.14. The number of ether oxygens (including phenoxy) is 1. The van der Waals surface area contributed by atoms with Crippen molar-refractivity contribution in [2.45, 2.75) is 0 Å². The van der Waals surface area contributed by atoms with Crippen LogP contribution in [0, 0.1) is 0 Å². The molecule has 0 aliphatic carbocycles. The summed E-state index contributed by atoms with van der Waals surface area (Å²) in [5.41, 5.74) is 1.75. The molecule has 1 aromatic heterocycles. The van der Waals surface area contributed by atoms with Gasteiger partial charge in [-0.2, -0.15) is 5.10 Å². The number of aromatic nitrogens is 2. The van der Waals surface area contributed by atoms with Gasteiger partial charge in [0.05, 0.1) is 31.0 Å². The SMILES string of the molecule is O=C(NCN1CCOCC1)c1cccc(-c2n[nH]c(=O)c3ccccc23)c1. The summed E-state index contributed by atoms with van der Waals surface area (Å²) in [4.78, 5) is 26.7. The lowest BCUT2D eigenvalue weighted by Crippen LogP contribution is -2.43. The number of nitrogens with zero attached hydrogens (tertiary/aromatic N) is 2. The van der Waals surface area contributed by atoms with E-state index in [4.69, 9.17) is 4.74 Å². The van der Waals surface area contributed by atoms with Gasteiger partial charge in [-0.3, -0.25) is 14.5 Å². The fourth-order valence-corrected chi connectivity index (χ4v) is 3.19. The highest BCUT2D eigenvalue weighted by Crippen LogP contribution is 2.24. The van der Waals surface area contributed by atoms with E-state index < -0.39 is 0 Å². The van der Waals surface area contributed by atoms with Gasteiger partial charge in [0.2, 0.25) is 0 Å². The first-order valence-electron chi connectivity index (χ1n) is 8.88. The highest BCUT2D eigenvalue weighted by molar-refractivity contribution is 5.98. The third kappa shape index (κ3) is 3.74. The van der Waals surface area contributed by atoms with Gasteiger partial charge >= 0.3 is 0 Å². The van der Waals surface area contributed by atoms with Gasteiger partial charge in [0.1, 0.15) is 0 Å². The molecule has 7 heteroatoms. The van der Waals surface area contributed by atoms with E-state index in [-0.39, 0.29) is 11.5 Å². The van der Waals surface area contributed by atoms with Gasteiger partial charge in [-0.05, 0) is 18.2 Å². The molecule has 0 atom stereocenters. The fraction of sp³-hybridized carbons (Fsp3) is 0.250. The van der Waals surface area contributed by atoms with Crippen molar-refractivity contribution in [3.05, 3.63) is 64.4 Å². The number of morpholine rings is 1. The monoisotopic (exact) mass is 364 g/mol. The predicted molar refractivity (Wildman–Crippen MR) is 103 cm³/mol. The molecule has 1 saturated heterocycles. The second kappa shape index (κ2) is 7.69. The molecule has 0 radical (unpaired) electrons. The van der Waals surface area contributed by atoms with Crippen LogP contribution in [0.2, 0.25) is 0 Å². The lowest BCUT2D eigenvalue weighted by molar-refractivity contribution is 0.0334. The molecule has 2 N–H and O–H groups in total. The minimum absolute atomic E-state index is 0.142. The predicted octanol–water partition coefficient (Wildman–Crippen LogP) is 1.61. The van der Waals surface area contributed by atoms with E-state index in [1.165, 1.54) is 0 Å². The van der Waals surface area contributed by atoms with Gasteiger partial charge in [0.15, 0.2) is 0 Å². The van der Waals surface area contributed by atoms with Crippen LogP contribution in [0.5, 0.6) is 0 Å². The van der Waals surface area contributed by atoms with Crippen molar-refractivity contribution in [1.82, 2.24) is 20.4 Å². The molecular formula is C20H20N4O3. The summed E-state index contributed by atoms with van der Waals surface area (Å²) in [5, 5.41) is 11.0. The Hall–Kier alpha value is -3.03. The highest BCUT2D eigenvalue weighted by atomic mass is 16.5. The van der Waals surface area contributed by atoms with Crippen molar-refractivity contribution in [3.63, 3.8) is 0 Å². The zero-order chi connectivity index (χ0) is 18.6. The summed E-state index contributed by atoms with van der Waals surface area (Å²) in [6, 6.07) is 14.6. The maximum Gasteiger partial charge on any atom is 0.272 e. The third-order valence-corrected chi connectivity index (χ3v) is 4.66. The average molecular weight is 364 g/mol. The van der Waals surface area contributed by atoms with Crippen molar-refractivity contribution in [2.75, 3.05) is 33.0 Å². The fourth-order valence-electron chi connectivity index (χ4n) is 3.19. The molecule has 0 bridgehead atoms. The molecule has 7 nitrogen and oxygen atoms in total. The van der Waals surface area contributed by atoms with Gasteiger partial charge in [-0.25, -0.2) is 5.10 Å². The third-order valence-electron chi connectivity index (χ3n) is 4.66. The first kappa shape index (κ1) is 17.4. The van der Waals surface area contributed by atoms with E-state index in [1.54, 1.807) is 18.2 Å². The molecule has 27 heavy (non-hydrogen) atoms. The van der Waals surface area contributed by atoms with Gasteiger partial charge in [0.25, 0.3) is 11.5 Å². The number of aromatic amines is 1. The van der Waals surface area contributed by atoms with Crippen molar-refractivity contribution in [1.29, 1.82) is 0 Å². The number of carbonyl (C=O) groups is 1. The standard InChI is InChI=1S/C20H20N4O3/c25-19(21-13-24-8-10-27-11-9-24)15-5-3-4-14(12-15)18-16-6-1-2-7-17(16)20(26)23-22-18/h1-7,12H,8-11,13H2,(H,21,25)(H,23,26). The van der Waals surface area contributed by atoms with Crippen LogP contribution in [0.25, 0.3) is 22.0 Å². The molecule has 138 valence electrons. The second-order valence-electron chi connectivity index (χ2n) is 6.42. The number of amides is 1. The Labute approximate surface area is 156 Å². The largest absolute Gasteiger partial charge is 0.379 e. The summed E-state index contributed by atoms with van der Waals surface area (Å²) in [5.74, 6) is -0.142. The number of hydrogen-bond donors (Lipinski definition) is 2.